The van der Waals surface area contributed by atoms with E-state index >= 15 is 0 Å². The third kappa shape index (κ3) is 3.85. The van der Waals surface area contributed by atoms with Gasteiger partial charge in [-0.05, 0) is 35.4 Å². The number of aromatic nitrogens is 2. The van der Waals surface area contributed by atoms with Gasteiger partial charge in [0.25, 0.3) is 0 Å². The van der Waals surface area contributed by atoms with Crippen LogP contribution < -0.4 is 10.3 Å². The van der Waals surface area contributed by atoms with Crippen LogP contribution in [0.25, 0.3) is 22.2 Å². The minimum absolute atomic E-state index is 0. The highest BCUT2D eigenvalue weighted by molar-refractivity contribution is 7.77. The maximum atomic E-state index is 13.8. The molecule has 0 saturated carbocycles. The monoisotopic (exact) mass is 368 g/mol. The average Bonchev–Trinajstić information content (AvgIpc) is 2.53. The maximum Gasteiger partial charge on any atom is 0.249 e. The highest BCUT2D eigenvalue weighted by atomic mass is 35.5. The molecule has 3 aromatic rings. The summed E-state index contributed by atoms with van der Waals surface area (Å²) in [7, 11) is 0. The quantitative estimate of drug-likeness (QED) is 0.688. The van der Waals surface area contributed by atoms with Crippen LogP contribution in [0, 0.1) is 5.82 Å². The van der Waals surface area contributed by atoms with E-state index < -0.39 is 17.1 Å². The predicted octanol–water partition coefficient (Wildman–Crippen LogP) is 2.03. The lowest BCUT2D eigenvalue weighted by atomic mass is 10.0. The lowest BCUT2D eigenvalue weighted by molar-refractivity contribution is 0.520. The molecule has 9 heteroatoms. The van der Waals surface area contributed by atoms with E-state index in [9.17, 15) is 17.9 Å². The molecule has 6 nitrogen and oxygen atoms in total. The van der Waals surface area contributed by atoms with Gasteiger partial charge in [-0.3, -0.25) is 9.00 Å². The molecule has 1 atom stereocenters. The Balaban J connectivity index is 0.00000208. The van der Waals surface area contributed by atoms with Gasteiger partial charge in [0.1, 0.15) is 11.5 Å². The molecule has 3 rings (SSSR count). The van der Waals surface area contributed by atoms with Crippen LogP contribution in [-0.2, 0) is 17.8 Å². The highest BCUT2D eigenvalue weighted by Crippen LogP contribution is 2.27. The molecule has 1 unspecified atom stereocenters. The molecule has 0 fully saturated rings. The number of nitrogens with one attached hydrogen (secondary N) is 2. The Kier molecular flexibility index (Phi) is 5.79. The van der Waals surface area contributed by atoms with E-state index in [2.05, 4.69) is 14.7 Å². The Morgan fingerprint density at radius 1 is 1.25 bits per heavy atom. The molecule has 2 aromatic heterocycles. The molecule has 0 saturated heterocycles. The van der Waals surface area contributed by atoms with Gasteiger partial charge >= 0.3 is 0 Å². The standard InChI is InChI=1S/C15H12FN3O3S.ClH/c16-13-3-1-9(7-10(13)8-18-23(21)22)11-5-6-17-15-12(11)2-4-14(20)19-15;/h1-7,18H,8H2,(H,21,22)(H,17,19,20);1H/p-1. The SMILES string of the molecule is Cl.O=c1ccc2c(-c3ccc(F)c(CNS(=O)[O-])c3)ccnc2[nH]1. The van der Waals surface area contributed by atoms with Crippen LogP contribution in [0.15, 0.2) is 47.4 Å². The summed E-state index contributed by atoms with van der Waals surface area (Å²) in [6, 6.07) is 9.21. The number of aromatic amines is 1. The molecule has 0 spiro atoms. The van der Waals surface area contributed by atoms with Gasteiger partial charge < -0.3 is 9.54 Å². The first-order valence-corrected chi connectivity index (χ1v) is 7.72. The molecule has 0 amide bonds. The highest BCUT2D eigenvalue weighted by Gasteiger charge is 2.09. The van der Waals surface area contributed by atoms with Gasteiger partial charge in [-0.15, -0.1) is 12.4 Å². The van der Waals surface area contributed by atoms with E-state index in [4.69, 9.17) is 0 Å². The fourth-order valence-electron chi connectivity index (χ4n) is 2.33. The number of rotatable bonds is 4. The summed E-state index contributed by atoms with van der Waals surface area (Å²) in [5.74, 6) is -0.501. The van der Waals surface area contributed by atoms with Gasteiger partial charge in [0.2, 0.25) is 5.56 Å². The number of pyridine rings is 2. The van der Waals surface area contributed by atoms with Gasteiger partial charge in [0.05, 0.1) is 0 Å². The molecule has 1 aromatic carbocycles. The fourth-order valence-corrected chi connectivity index (χ4v) is 2.60. The Bertz CT molecular complexity index is 964. The molecule has 2 N–H and O–H groups in total. The van der Waals surface area contributed by atoms with E-state index in [-0.39, 0.29) is 30.1 Å². The van der Waals surface area contributed by atoms with Crippen molar-refractivity contribution in [2.75, 3.05) is 0 Å². The number of benzene rings is 1. The molecular weight excluding hydrogens is 357 g/mol. The van der Waals surface area contributed by atoms with Crippen LogP contribution in [0.5, 0.6) is 0 Å². The average molecular weight is 369 g/mol. The lowest BCUT2D eigenvalue weighted by Gasteiger charge is -2.11. The predicted molar refractivity (Wildman–Crippen MR) is 90.8 cm³/mol. The van der Waals surface area contributed by atoms with E-state index in [1.165, 1.54) is 12.1 Å². The zero-order chi connectivity index (χ0) is 16.4. The zero-order valence-corrected chi connectivity index (χ0v) is 13.7. The molecule has 2 heterocycles. The summed E-state index contributed by atoms with van der Waals surface area (Å²) in [5, 5.41) is 0.713. The Labute approximate surface area is 145 Å². The number of hydrogen-bond acceptors (Lipinski definition) is 4. The van der Waals surface area contributed by atoms with Crippen molar-refractivity contribution >= 4 is 34.7 Å². The molecule has 0 aliphatic rings. The van der Waals surface area contributed by atoms with Crippen molar-refractivity contribution < 1.29 is 13.2 Å². The van der Waals surface area contributed by atoms with E-state index in [0.717, 1.165) is 5.56 Å². The topological polar surface area (TPSA) is 97.9 Å². The van der Waals surface area contributed by atoms with Crippen molar-refractivity contribution in [3.8, 4) is 11.1 Å². The van der Waals surface area contributed by atoms with Gasteiger partial charge in [-0.1, -0.05) is 6.07 Å². The number of hydrogen-bond donors (Lipinski definition) is 2. The number of H-pyrrole nitrogens is 1. The molecule has 0 aliphatic carbocycles. The summed E-state index contributed by atoms with van der Waals surface area (Å²) in [6.45, 7) is -0.143. The Morgan fingerprint density at radius 2 is 2.04 bits per heavy atom. The normalized spacial score (nSPS) is 11.9. The second-order valence-electron chi connectivity index (χ2n) is 4.81. The van der Waals surface area contributed by atoms with Crippen LogP contribution in [-0.4, -0.2) is 18.7 Å². The zero-order valence-electron chi connectivity index (χ0n) is 12.1. The first-order chi connectivity index (χ1) is 11.0. The van der Waals surface area contributed by atoms with E-state index in [1.807, 2.05) is 0 Å². The summed E-state index contributed by atoms with van der Waals surface area (Å²) in [5.41, 5.74) is 1.85. The minimum atomic E-state index is -2.47. The van der Waals surface area contributed by atoms with Crippen LogP contribution in [0.4, 0.5) is 4.39 Å². The maximum absolute atomic E-state index is 13.8. The molecule has 126 valence electrons. The second kappa shape index (κ2) is 7.63. The van der Waals surface area contributed by atoms with E-state index in [0.29, 0.717) is 16.6 Å². The van der Waals surface area contributed by atoms with Crippen LogP contribution >= 0.6 is 12.4 Å². The van der Waals surface area contributed by atoms with Crippen molar-refractivity contribution in [1.29, 1.82) is 0 Å². The summed E-state index contributed by atoms with van der Waals surface area (Å²) in [6.07, 6.45) is 1.54. The van der Waals surface area contributed by atoms with E-state index in [1.54, 1.807) is 30.5 Å². The Hall–Kier alpha value is -2.13. The smallest absolute Gasteiger partial charge is 0.249 e. The summed E-state index contributed by atoms with van der Waals surface area (Å²) >= 11 is -2.47. The third-order valence-electron chi connectivity index (χ3n) is 3.37. The van der Waals surface area contributed by atoms with Gasteiger partial charge in [-0.25, -0.2) is 14.1 Å². The summed E-state index contributed by atoms with van der Waals surface area (Å²) in [4.78, 5) is 18.1. The van der Waals surface area contributed by atoms with Crippen LogP contribution in [0.3, 0.4) is 0 Å². The number of nitrogens with zero attached hydrogens (tertiary/aromatic N) is 1. The Morgan fingerprint density at radius 3 is 2.79 bits per heavy atom. The van der Waals surface area contributed by atoms with Crippen molar-refractivity contribution in [3.63, 3.8) is 0 Å². The molecule has 0 radical (unpaired) electrons. The lowest BCUT2D eigenvalue weighted by Crippen LogP contribution is -2.16. The number of halogens is 2. The molecular formula is C15H12ClFN3O3S-. The van der Waals surface area contributed by atoms with Crippen LogP contribution in [0.1, 0.15) is 5.56 Å². The molecule has 24 heavy (non-hydrogen) atoms. The largest absolute Gasteiger partial charge is 0.760 e. The third-order valence-corrected chi connectivity index (χ3v) is 3.75. The van der Waals surface area contributed by atoms with Crippen molar-refractivity contribution in [1.82, 2.24) is 14.7 Å². The summed E-state index contributed by atoms with van der Waals surface area (Å²) < 4.78 is 37.1. The first kappa shape index (κ1) is 18.2. The first-order valence-electron chi connectivity index (χ1n) is 6.64. The number of fused-ring (bicyclic) bond motifs is 1. The second-order valence-corrected chi connectivity index (χ2v) is 5.56. The van der Waals surface area contributed by atoms with Gasteiger partial charge in [0.15, 0.2) is 0 Å². The minimum Gasteiger partial charge on any atom is -0.760 e. The van der Waals surface area contributed by atoms with Crippen LogP contribution in [0.2, 0.25) is 0 Å². The van der Waals surface area contributed by atoms with Crippen molar-refractivity contribution in [2.45, 2.75) is 6.54 Å². The molecule has 0 aliphatic heterocycles. The van der Waals surface area contributed by atoms with Crippen molar-refractivity contribution in [3.05, 3.63) is 64.3 Å². The van der Waals surface area contributed by atoms with Gasteiger partial charge in [0, 0.05) is 41.0 Å². The fraction of sp³-hybridized carbons (Fsp3) is 0.0667. The van der Waals surface area contributed by atoms with Crippen molar-refractivity contribution in [2.24, 2.45) is 0 Å². The van der Waals surface area contributed by atoms with Gasteiger partial charge in [-0.2, -0.15) is 0 Å². The molecule has 0 bridgehead atoms.